The van der Waals surface area contributed by atoms with Crippen LogP contribution < -0.4 is 0 Å². The average Bonchev–Trinajstić information content (AvgIpc) is 2.90. The van der Waals surface area contributed by atoms with Crippen LogP contribution in [0.15, 0.2) is 97.1 Å². The Morgan fingerprint density at radius 2 is 1.00 bits per heavy atom. The smallest absolute Gasteiger partial charge is 0.164 e. The lowest BCUT2D eigenvalue weighted by atomic mass is 9.99. The quantitative estimate of drug-likeness (QED) is 0.309. The predicted octanol–water partition coefficient (Wildman–Crippen LogP) is 6.69. The molecule has 5 aromatic rings. The van der Waals surface area contributed by atoms with Gasteiger partial charge in [0, 0.05) is 27.8 Å². The zero-order valence-electron chi connectivity index (χ0n) is 17.8. The lowest BCUT2D eigenvalue weighted by Crippen LogP contribution is -2.00. The van der Waals surface area contributed by atoms with E-state index >= 15 is 0 Å². The Morgan fingerprint density at radius 1 is 0.529 bits per heavy atom. The zero-order chi connectivity index (χ0) is 23.5. The van der Waals surface area contributed by atoms with Crippen LogP contribution in [0.1, 0.15) is 5.56 Å². The molecule has 0 aliphatic rings. The van der Waals surface area contributed by atoms with Crippen LogP contribution in [-0.4, -0.2) is 15.0 Å². The van der Waals surface area contributed by atoms with E-state index in [0.29, 0.717) is 23.0 Å². The molecule has 0 spiro atoms. The fourth-order valence-corrected chi connectivity index (χ4v) is 3.61. The third-order valence-electron chi connectivity index (χ3n) is 5.31. The standard InChI is InChI=1S/C28H16F2N4/c29-24-13-11-18(17-31)15-22(24)23-16-21(12-14-25(23)30)28-33-26(19-7-3-1-4-8-19)32-27(34-28)20-9-5-2-6-10-20/h1-16H. The number of nitrogens with zero attached hydrogens (tertiary/aromatic N) is 4. The first-order valence-corrected chi connectivity index (χ1v) is 10.5. The SMILES string of the molecule is N#Cc1ccc(F)c(-c2cc(-c3nc(-c4ccccc4)nc(-c4ccccc4)n3)ccc2F)c1. The molecule has 1 aromatic heterocycles. The van der Waals surface area contributed by atoms with Crippen molar-refractivity contribution in [2.45, 2.75) is 0 Å². The minimum absolute atomic E-state index is 0.000906. The summed E-state index contributed by atoms with van der Waals surface area (Å²) < 4.78 is 29.3. The summed E-state index contributed by atoms with van der Waals surface area (Å²) in [5, 5.41) is 9.19. The van der Waals surface area contributed by atoms with E-state index in [4.69, 9.17) is 0 Å². The third-order valence-corrected chi connectivity index (χ3v) is 5.31. The Kier molecular flexibility index (Phi) is 5.59. The minimum atomic E-state index is -0.624. The Balaban J connectivity index is 1.70. The van der Waals surface area contributed by atoms with Crippen molar-refractivity contribution in [2.75, 3.05) is 0 Å². The van der Waals surface area contributed by atoms with Crippen LogP contribution >= 0.6 is 0 Å². The summed E-state index contributed by atoms with van der Waals surface area (Å²) in [6.07, 6.45) is 0. The predicted molar refractivity (Wildman–Crippen MR) is 126 cm³/mol. The second-order valence-corrected chi connectivity index (χ2v) is 7.54. The van der Waals surface area contributed by atoms with Crippen LogP contribution in [0.4, 0.5) is 8.78 Å². The molecule has 0 fully saturated rings. The summed E-state index contributed by atoms with van der Waals surface area (Å²) in [4.78, 5) is 13.9. The molecule has 0 bridgehead atoms. The minimum Gasteiger partial charge on any atom is -0.208 e. The maximum absolute atomic E-state index is 14.8. The van der Waals surface area contributed by atoms with Gasteiger partial charge in [-0.15, -0.1) is 0 Å². The van der Waals surface area contributed by atoms with Gasteiger partial charge in [0.05, 0.1) is 11.6 Å². The van der Waals surface area contributed by atoms with E-state index in [1.807, 2.05) is 66.7 Å². The highest BCUT2D eigenvalue weighted by Gasteiger charge is 2.16. The molecular weight excluding hydrogens is 430 g/mol. The molecule has 0 aliphatic heterocycles. The number of hydrogen-bond acceptors (Lipinski definition) is 4. The lowest BCUT2D eigenvalue weighted by molar-refractivity contribution is 0.616. The van der Waals surface area contributed by atoms with Gasteiger partial charge in [0.15, 0.2) is 17.5 Å². The number of halogens is 2. The summed E-state index contributed by atoms with van der Waals surface area (Å²) in [5.74, 6) is 0.0192. The highest BCUT2D eigenvalue weighted by molar-refractivity contribution is 5.74. The number of nitriles is 1. The molecule has 0 radical (unpaired) electrons. The van der Waals surface area contributed by atoms with E-state index in [-0.39, 0.29) is 16.7 Å². The highest BCUT2D eigenvalue weighted by atomic mass is 19.1. The molecule has 4 aromatic carbocycles. The van der Waals surface area contributed by atoms with E-state index in [9.17, 15) is 14.0 Å². The number of aromatic nitrogens is 3. The zero-order valence-corrected chi connectivity index (χ0v) is 17.8. The molecule has 0 amide bonds. The van der Waals surface area contributed by atoms with Gasteiger partial charge >= 0.3 is 0 Å². The van der Waals surface area contributed by atoms with Crippen molar-refractivity contribution in [1.29, 1.82) is 5.26 Å². The largest absolute Gasteiger partial charge is 0.208 e. The van der Waals surface area contributed by atoms with Gasteiger partial charge in [-0.1, -0.05) is 60.7 Å². The first-order valence-electron chi connectivity index (χ1n) is 10.5. The second-order valence-electron chi connectivity index (χ2n) is 7.54. The molecule has 5 rings (SSSR count). The maximum atomic E-state index is 14.8. The molecule has 0 unspecified atom stereocenters. The van der Waals surface area contributed by atoms with Gasteiger partial charge in [-0.2, -0.15) is 5.26 Å². The second kappa shape index (κ2) is 9.00. The van der Waals surface area contributed by atoms with Crippen molar-refractivity contribution in [1.82, 2.24) is 15.0 Å². The molecule has 0 aliphatic carbocycles. The fourth-order valence-electron chi connectivity index (χ4n) is 3.61. The van der Waals surface area contributed by atoms with Crippen molar-refractivity contribution in [2.24, 2.45) is 0 Å². The molecule has 6 heteroatoms. The van der Waals surface area contributed by atoms with E-state index < -0.39 is 11.6 Å². The van der Waals surface area contributed by atoms with Crippen molar-refractivity contribution in [3.63, 3.8) is 0 Å². The molecule has 1 heterocycles. The summed E-state index contributed by atoms with van der Waals surface area (Å²) in [7, 11) is 0. The van der Waals surface area contributed by atoms with Crippen LogP contribution in [0.3, 0.4) is 0 Å². The molecule has 0 atom stereocenters. The lowest BCUT2D eigenvalue weighted by Gasteiger charge is -2.11. The Labute approximate surface area is 194 Å². The molecular formula is C28H16F2N4. The van der Waals surface area contributed by atoms with E-state index in [2.05, 4.69) is 15.0 Å². The maximum Gasteiger partial charge on any atom is 0.164 e. The molecule has 0 saturated heterocycles. The Bertz CT molecular complexity index is 1470. The fraction of sp³-hybridized carbons (Fsp3) is 0. The summed E-state index contributed by atoms with van der Waals surface area (Å²) in [6, 6.07) is 29.0. The molecule has 162 valence electrons. The molecule has 0 saturated carbocycles. The average molecular weight is 446 g/mol. The van der Waals surface area contributed by atoms with Crippen molar-refractivity contribution >= 4 is 0 Å². The van der Waals surface area contributed by atoms with Crippen LogP contribution in [0, 0.1) is 23.0 Å². The van der Waals surface area contributed by atoms with Gasteiger partial charge in [0.2, 0.25) is 0 Å². The number of hydrogen-bond donors (Lipinski definition) is 0. The number of rotatable bonds is 4. The van der Waals surface area contributed by atoms with Crippen LogP contribution in [0.25, 0.3) is 45.3 Å². The van der Waals surface area contributed by atoms with E-state index in [0.717, 1.165) is 17.2 Å². The van der Waals surface area contributed by atoms with Gasteiger partial charge in [0.25, 0.3) is 0 Å². The van der Waals surface area contributed by atoms with Gasteiger partial charge in [-0.3, -0.25) is 0 Å². The molecule has 4 nitrogen and oxygen atoms in total. The normalized spacial score (nSPS) is 10.6. The van der Waals surface area contributed by atoms with E-state index in [1.165, 1.54) is 24.3 Å². The summed E-state index contributed by atoms with van der Waals surface area (Å²) >= 11 is 0. The van der Waals surface area contributed by atoms with Crippen LogP contribution in [0.2, 0.25) is 0 Å². The molecule has 0 N–H and O–H groups in total. The third kappa shape index (κ3) is 4.15. The van der Waals surface area contributed by atoms with Crippen molar-refractivity contribution < 1.29 is 8.78 Å². The topological polar surface area (TPSA) is 62.5 Å². The monoisotopic (exact) mass is 446 g/mol. The van der Waals surface area contributed by atoms with Crippen molar-refractivity contribution in [3.8, 4) is 51.4 Å². The van der Waals surface area contributed by atoms with Gasteiger partial charge in [-0.25, -0.2) is 23.7 Å². The highest BCUT2D eigenvalue weighted by Crippen LogP contribution is 2.31. The number of benzene rings is 4. The first-order chi connectivity index (χ1) is 16.6. The summed E-state index contributed by atoms with van der Waals surface area (Å²) in [5.41, 5.74) is 2.36. The summed E-state index contributed by atoms with van der Waals surface area (Å²) in [6.45, 7) is 0. The van der Waals surface area contributed by atoms with Crippen LogP contribution in [0.5, 0.6) is 0 Å². The van der Waals surface area contributed by atoms with Gasteiger partial charge in [-0.05, 0) is 36.4 Å². The van der Waals surface area contributed by atoms with Gasteiger partial charge < -0.3 is 0 Å². The van der Waals surface area contributed by atoms with Crippen LogP contribution in [-0.2, 0) is 0 Å². The Morgan fingerprint density at radius 3 is 1.53 bits per heavy atom. The van der Waals surface area contributed by atoms with Crippen molar-refractivity contribution in [3.05, 3.63) is 114 Å². The van der Waals surface area contributed by atoms with E-state index in [1.54, 1.807) is 6.07 Å². The van der Waals surface area contributed by atoms with Gasteiger partial charge in [0.1, 0.15) is 11.6 Å². The molecule has 34 heavy (non-hydrogen) atoms. The first kappa shape index (κ1) is 21.1. The Hall–Kier alpha value is -4.76.